The van der Waals surface area contributed by atoms with Crippen LogP contribution in [0.15, 0.2) is 40.5 Å². The molecule has 0 aromatic rings. The van der Waals surface area contributed by atoms with Gasteiger partial charge in [0.2, 0.25) is 5.91 Å². The van der Waals surface area contributed by atoms with Crippen LogP contribution < -0.4 is 5.32 Å². The van der Waals surface area contributed by atoms with E-state index in [1.54, 1.807) is 0 Å². The second kappa shape index (κ2) is 18.4. The van der Waals surface area contributed by atoms with Gasteiger partial charge in [-0.1, -0.05) is 96.1 Å². The summed E-state index contributed by atoms with van der Waals surface area (Å²) >= 11 is 0.877. The number of carboxylic acid groups (broad SMARTS) is 1. The number of aliphatic carboxylic acids is 1. The van der Waals surface area contributed by atoms with Crippen molar-refractivity contribution in [3.63, 3.8) is 0 Å². The van der Waals surface area contributed by atoms with Crippen molar-refractivity contribution in [3.8, 4) is 0 Å². The maximum Gasteiger partial charge on any atom is 0.303 e. The number of carbonyl (C=O) groups is 2. The van der Waals surface area contributed by atoms with Gasteiger partial charge >= 0.3 is 5.97 Å². The minimum Gasteiger partial charge on any atom is -0.481 e. The molecule has 0 radical (unpaired) electrons. The molecule has 7 heteroatoms. The van der Waals surface area contributed by atoms with Crippen LogP contribution in [0.25, 0.3) is 0 Å². The Labute approximate surface area is 217 Å². The molecule has 0 aliphatic carbocycles. The summed E-state index contributed by atoms with van der Waals surface area (Å²) in [5.74, 6) is -1.85. The highest BCUT2D eigenvalue weighted by Crippen LogP contribution is 2.37. The summed E-state index contributed by atoms with van der Waals surface area (Å²) in [5, 5.41) is 12.4. The minimum absolute atomic E-state index is 0.141. The molecule has 0 fully saturated rings. The van der Waals surface area contributed by atoms with Crippen molar-refractivity contribution in [2.45, 2.75) is 110 Å². The number of carboxylic acids is 1. The number of rotatable bonds is 20. The third kappa shape index (κ3) is 15.7. The molecular weight excluding hydrogens is 460 g/mol. The average Bonchev–Trinajstić information content (AvgIpc) is 2.76. The smallest absolute Gasteiger partial charge is 0.303 e. The molecule has 35 heavy (non-hydrogen) atoms. The highest BCUT2D eigenvalue weighted by atomic mass is 32.2. The first-order chi connectivity index (χ1) is 16.5. The molecular formula is C28H48N2O4S. The number of nitrogens with zero attached hydrogens (tertiary/aromatic N) is 1. The fourth-order valence-corrected chi connectivity index (χ4v) is 4.39. The van der Waals surface area contributed by atoms with Gasteiger partial charge in [-0.2, -0.15) is 0 Å². The van der Waals surface area contributed by atoms with E-state index in [0.29, 0.717) is 0 Å². The number of amides is 1. The monoisotopic (exact) mass is 508 g/mol. The van der Waals surface area contributed by atoms with E-state index < -0.39 is 22.0 Å². The van der Waals surface area contributed by atoms with Gasteiger partial charge in [0, 0.05) is 23.1 Å². The maximum absolute atomic E-state index is 13.4. The lowest BCUT2D eigenvalue weighted by molar-refractivity contribution is -0.140. The highest BCUT2D eigenvalue weighted by Gasteiger charge is 2.39. The van der Waals surface area contributed by atoms with Crippen molar-refractivity contribution >= 4 is 23.8 Å². The quantitative estimate of drug-likeness (QED) is 0.0751. The van der Waals surface area contributed by atoms with Crippen molar-refractivity contribution < 1.29 is 14.7 Å². The van der Waals surface area contributed by atoms with Crippen molar-refractivity contribution in [1.29, 1.82) is 0 Å². The summed E-state index contributed by atoms with van der Waals surface area (Å²) in [7, 11) is 0. The molecule has 0 aromatic carbocycles. The lowest BCUT2D eigenvalue weighted by Gasteiger charge is -2.34. The summed E-state index contributed by atoms with van der Waals surface area (Å²) in [6, 6.07) is 0. The molecule has 0 aliphatic heterocycles. The zero-order valence-corrected chi connectivity index (χ0v) is 23.6. The fraction of sp³-hybridized carbons (Fsp3) is 0.714. The molecule has 1 atom stereocenters. The van der Waals surface area contributed by atoms with Crippen molar-refractivity contribution in [2.75, 3.05) is 6.54 Å². The Bertz CT molecular complexity index is 726. The summed E-state index contributed by atoms with van der Waals surface area (Å²) < 4.78 is 2.33. The fourth-order valence-electron chi connectivity index (χ4n) is 4.06. The van der Waals surface area contributed by atoms with Gasteiger partial charge in [0.1, 0.15) is 0 Å². The maximum atomic E-state index is 13.4. The average molecular weight is 509 g/mol. The molecule has 0 aliphatic rings. The summed E-state index contributed by atoms with van der Waals surface area (Å²) in [6.07, 6.45) is 20.6. The number of unbranched alkanes of at least 4 members (excludes halogenated alkanes) is 8. The molecule has 2 N–H and O–H groups in total. The molecule has 0 bridgehead atoms. The van der Waals surface area contributed by atoms with E-state index in [-0.39, 0.29) is 18.9 Å². The van der Waals surface area contributed by atoms with E-state index in [9.17, 15) is 19.6 Å². The molecule has 1 amide bonds. The molecule has 0 saturated heterocycles. The van der Waals surface area contributed by atoms with Gasteiger partial charge in [-0.15, -0.1) is 4.91 Å². The lowest BCUT2D eigenvalue weighted by atomic mass is 9.71. The number of hydrogen-bond donors (Lipinski definition) is 2. The predicted molar refractivity (Wildman–Crippen MR) is 149 cm³/mol. The van der Waals surface area contributed by atoms with Crippen molar-refractivity contribution in [1.82, 2.24) is 5.32 Å². The van der Waals surface area contributed by atoms with Crippen molar-refractivity contribution in [3.05, 3.63) is 40.9 Å². The molecule has 0 rings (SSSR count). The normalized spacial score (nSPS) is 13.9. The number of hydrogen-bond acceptors (Lipinski definition) is 5. The Morgan fingerprint density at radius 3 is 2.17 bits per heavy atom. The molecule has 0 aromatic heterocycles. The summed E-state index contributed by atoms with van der Waals surface area (Å²) in [6.45, 7) is 11.7. The van der Waals surface area contributed by atoms with Crippen LogP contribution in [0.1, 0.15) is 106 Å². The van der Waals surface area contributed by atoms with Crippen molar-refractivity contribution in [2.24, 2.45) is 15.9 Å². The van der Waals surface area contributed by atoms with Crippen LogP contribution in [0.2, 0.25) is 0 Å². The van der Waals surface area contributed by atoms with E-state index in [2.05, 4.69) is 22.9 Å². The lowest BCUT2D eigenvalue weighted by Crippen LogP contribution is -2.45. The molecule has 200 valence electrons. The zero-order valence-electron chi connectivity index (χ0n) is 22.8. The highest BCUT2D eigenvalue weighted by molar-refractivity contribution is 7.99. The Morgan fingerprint density at radius 2 is 1.63 bits per heavy atom. The van der Waals surface area contributed by atoms with Gasteiger partial charge in [0.25, 0.3) is 0 Å². The third-order valence-corrected chi connectivity index (χ3v) is 6.69. The second-order valence-corrected chi connectivity index (χ2v) is 11.9. The number of nitroso groups, excluding NO2 is 1. The zero-order chi connectivity index (χ0) is 26.7. The number of allylic oxidation sites excluding steroid dienone is 5. The first-order valence-electron chi connectivity index (χ1n) is 13.0. The van der Waals surface area contributed by atoms with Crippen LogP contribution in [-0.2, 0) is 9.59 Å². The second-order valence-electron chi connectivity index (χ2n) is 10.5. The van der Waals surface area contributed by atoms with Gasteiger partial charge in [-0.25, -0.2) is 0 Å². The molecule has 0 heterocycles. The van der Waals surface area contributed by atoms with Crippen LogP contribution in [0.5, 0.6) is 0 Å². The summed E-state index contributed by atoms with van der Waals surface area (Å²) in [4.78, 5) is 35.7. The standard InChI is InChI=1S/C28H48N2O4S/c1-7-9-11-12-13-14-15-16-17-18-20-23(19-10-8-2)25(27(3,4)21-24(31)32)26(33)29-22-28(5,6)35-30-34/h8,10,18-20,25H,7,9,11-17,21-22H2,1-6H3,(H,29,33)(H,31,32). The van der Waals surface area contributed by atoms with E-state index >= 15 is 0 Å². The Kier molecular flexibility index (Phi) is 17.4. The first-order valence-corrected chi connectivity index (χ1v) is 13.8. The predicted octanol–water partition coefficient (Wildman–Crippen LogP) is 8.00. The van der Waals surface area contributed by atoms with Crippen LogP contribution >= 0.6 is 11.9 Å². The van der Waals surface area contributed by atoms with Crippen LogP contribution in [0.4, 0.5) is 0 Å². The van der Waals surface area contributed by atoms with Crippen LogP contribution in [-0.4, -0.2) is 28.3 Å². The van der Waals surface area contributed by atoms with E-state index in [1.807, 2.05) is 58.9 Å². The molecule has 6 nitrogen and oxygen atoms in total. The van der Waals surface area contributed by atoms with E-state index in [0.717, 1.165) is 30.4 Å². The SMILES string of the molecule is CC=CC=C(C=CCCCCCCCCCC)C(C(=O)NCC(C)(C)SN=O)C(C)(C)CC(=O)O. The topological polar surface area (TPSA) is 95.8 Å². The van der Waals surface area contributed by atoms with Crippen LogP contribution in [0, 0.1) is 16.2 Å². The Morgan fingerprint density at radius 1 is 1.03 bits per heavy atom. The van der Waals surface area contributed by atoms with E-state index in [1.165, 1.54) is 44.9 Å². The number of carbonyl (C=O) groups excluding carboxylic acids is 1. The summed E-state index contributed by atoms with van der Waals surface area (Å²) in [5.41, 5.74) is -0.0304. The van der Waals surface area contributed by atoms with Gasteiger partial charge in [0.15, 0.2) is 0 Å². The van der Waals surface area contributed by atoms with E-state index in [4.69, 9.17) is 0 Å². The molecule has 0 saturated carbocycles. The third-order valence-electron chi connectivity index (χ3n) is 5.97. The Balaban J connectivity index is 5.43. The minimum atomic E-state index is -0.942. The largest absolute Gasteiger partial charge is 0.481 e. The van der Waals surface area contributed by atoms with Gasteiger partial charge in [-0.3, -0.25) is 9.59 Å². The van der Waals surface area contributed by atoms with Gasteiger partial charge < -0.3 is 10.4 Å². The first kappa shape index (κ1) is 33.1. The number of nitrogens with one attached hydrogen (secondary N) is 1. The van der Waals surface area contributed by atoms with Gasteiger partial charge in [-0.05, 0) is 44.6 Å². The molecule has 1 unspecified atom stereocenters. The van der Waals surface area contributed by atoms with Gasteiger partial charge in [0.05, 0.1) is 17.1 Å². The van der Waals surface area contributed by atoms with Crippen LogP contribution in [0.3, 0.4) is 0 Å². The molecule has 0 spiro atoms. The Hall–Kier alpha value is -1.89.